The minimum atomic E-state index is -0.177. The number of hydrogen-bond donors (Lipinski definition) is 3. The molecular formula is C9H14ClN3O. The maximum atomic E-state index is 11.4. The Balaban J connectivity index is 0.00000169. The average molecular weight is 216 g/mol. The summed E-state index contributed by atoms with van der Waals surface area (Å²) < 4.78 is 0. The second-order valence-electron chi connectivity index (χ2n) is 2.63. The second kappa shape index (κ2) is 6.23. The molecule has 0 unspecified atom stereocenters. The van der Waals surface area contributed by atoms with Crippen molar-refractivity contribution in [3.63, 3.8) is 0 Å². The molecule has 0 saturated heterocycles. The van der Waals surface area contributed by atoms with E-state index in [1.165, 1.54) is 0 Å². The molecule has 0 heterocycles. The SMILES string of the molecule is Cl.NCCNC(=O)c1ccccc1N. The fourth-order valence-electron chi connectivity index (χ4n) is 0.985. The number of nitrogens with one attached hydrogen (secondary N) is 1. The standard InChI is InChI=1S/C9H13N3O.ClH/c10-5-6-12-9(13)7-3-1-2-4-8(7)11;/h1-4H,5-6,10-11H2,(H,12,13);1H. The van der Waals surface area contributed by atoms with Gasteiger partial charge < -0.3 is 16.8 Å². The number of carbonyl (C=O) groups excluding carboxylic acids is 1. The molecule has 1 rings (SSSR count). The monoisotopic (exact) mass is 215 g/mol. The summed E-state index contributed by atoms with van der Waals surface area (Å²) in [7, 11) is 0. The lowest BCUT2D eigenvalue weighted by molar-refractivity contribution is 0.0955. The molecule has 1 aromatic carbocycles. The van der Waals surface area contributed by atoms with Gasteiger partial charge in [0.1, 0.15) is 0 Å². The summed E-state index contributed by atoms with van der Waals surface area (Å²) in [4.78, 5) is 11.4. The van der Waals surface area contributed by atoms with E-state index in [9.17, 15) is 4.79 Å². The van der Waals surface area contributed by atoms with Crippen LogP contribution >= 0.6 is 12.4 Å². The Kier molecular flexibility index (Phi) is 5.67. The number of para-hydroxylation sites is 1. The summed E-state index contributed by atoms with van der Waals surface area (Å²) >= 11 is 0. The fraction of sp³-hybridized carbons (Fsp3) is 0.222. The van der Waals surface area contributed by atoms with E-state index >= 15 is 0 Å². The molecule has 0 aliphatic heterocycles. The summed E-state index contributed by atoms with van der Waals surface area (Å²) in [5, 5.41) is 2.65. The number of nitrogen functional groups attached to an aromatic ring is 1. The van der Waals surface area contributed by atoms with Gasteiger partial charge in [0.15, 0.2) is 0 Å². The molecule has 0 aromatic heterocycles. The largest absolute Gasteiger partial charge is 0.398 e. The molecule has 4 nitrogen and oxygen atoms in total. The molecule has 5 N–H and O–H groups in total. The van der Waals surface area contributed by atoms with Gasteiger partial charge >= 0.3 is 0 Å². The first kappa shape index (κ1) is 12.7. The molecule has 0 saturated carbocycles. The second-order valence-corrected chi connectivity index (χ2v) is 2.63. The Morgan fingerprint density at radius 1 is 1.36 bits per heavy atom. The Labute approximate surface area is 89.1 Å². The third kappa shape index (κ3) is 3.24. The zero-order valence-corrected chi connectivity index (χ0v) is 8.51. The van der Waals surface area contributed by atoms with E-state index < -0.39 is 0 Å². The van der Waals surface area contributed by atoms with Crippen molar-refractivity contribution in [3.05, 3.63) is 29.8 Å². The molecule has 0 bridgehead atoms. The average Bonchev–Trinajstić information content (AvgIpc) is 2.15. The zero-order valence-electron chi connectivity index (χ0n) is 7.69. The van der Waals surface area contributed by atoms with Crippen molar-refractivity contribution in [2.45, 2.75) is 0 Å². The van der Waals surface area contributed by atoms with E-state index in [1.54, 1.807) is 24.3 Å². The van der Waals surface area contributed by atoms with Crippen LogP contribution in [-0.4, -0.2) is 19.0 Å². The number of nitrogens with two attached hydrogens (primary N) is 2. The van der Waals surface area contributed by atoms with Gasteiger partial charge in [-0.1, -0.05) is 12.1 Å². The van der Waals surface area contributed by atoms with Crippen LogP contribution in [0.3, 0.4) is 0 Å². The molecule has 0 atom stereocenters. The molecule has 78 valence electrons. The molecule has 0 aliphatic rings. The Morgan fingerprint density at radius 3 is 2.57 bits per heavy atom. The summed E-state index contributed by atoms with van der Waals surface area (Å²) in [5.74, 6) is -0.177. The molecule has 0 spiro atoms. The van der Waals surface area contributed by atoms with Crippen molar-refractivity contribution >= 4 is 24.0 Å². The van der Waals surface area contributed by atoms with Crippen LogP contribution in [0.25, 0.3) is 0 Å². The van der Waals surface area contributed by atoms with E-state index in [4.69, 9.17) is 11.5 Å². The summed E-state index contributed by atoms with van der Waals surface area (Å²) in [5.41, 5.74) is 11.8. The van der Waals surface area contributed by atoms with Gasteiger partial charge in [0.2, 0.25) is 0 Å². The van der Waals surface area contributed by atoms with Gasteiger partial charge in [0.25, 0.3) is 5.91 Å². The lowest BCUT2D eigenvalue weighted by atomic mass is 10.2. The van der Waals surface area contributed by atoms with Crippen LogP contribution in [0, 0.1) is 0 Å². The fourth-order valence-corrected chi connectivity index (χ4v) is 0.985. The van der Waals surface area contributed by atoms with Crippen LogP contribution in [0.15, 0.2) is 24.3 Å². The topological polar surface area (TPSA) is 81.1 Å². The summed E-state index contributed by atoms with van der Waals surface area (Å²) in [6.07, 6.45) is 0. The van der Waals surface area contributed by atoms with Crippen LogP contribution in [0.4, 0.5) is 5.69 Å². The highest BCUT2D eigenvalue weighted by atomic mass is 35.5. The number of carbonyl (C=O) groups is 1. The molecule has 1 amide bonds. The van der Waals surface area contributed by atoms with Gasteiger partial charge in [-0.3, -0.25) is 4.79 Å². The number of anilines is 1. The van der Waals surface area contributed by atoms with Crippen molar-refractivity contribution in [1.82, 2.24) is 5.32 Å². The summed E-state index contributed by atoms with van der Waals surface area (Å²) in [6.45, 7) is 0.894. The normalized spacial score (nSPS) is 8.93. The van der Waals surface area contributed by atoms with Gasteiger partial charge in [0, 0.05) is 18.8 Å². The van der Waals surface area contributed by atoms with E-state index in [1.807, 2.05) is 0 Å². The predicted molar refractivity (Wildman–Crippen MR) is 59.5 cm³/mol. The van der Waals surface area contributed by atoms with Crippen molar-refractivity contribution in [2.24, 2.45) is 5.73 Å². The first-order valence-corrected chi connectivity index (χ1v) is 4.08. The van der Waals surface area contributed by atoms with Gasteiger partial charge in [-0.15, -0.1) is 12.4 Å². The number of benzene rings is 1. The molecule has 14 heavy (non-hydrogen) atoms. The van der Waals surface area contributed by atoms with Crippen LogP contribution < -0.4 is 16.8 Å². The van der Waals surface area contributed by atoms with Crippen LogP contribution in [0.2, 0.25) is 0 Å². The van der Waals surface area contributed by atoms with E-state index in [0.717, 1.165) is 0 Å². The van der Waals surface area contributed by atoms with E-state index in [2.05, 4.69) is 5.32 Å². The number of rotatable bonds is 3. The lowest BCUT2D eigenvalue weighted by Crippen LogP contribution is -2.29. The van der Waals surface area contributed by atoms with Gasteiger partial charge in [-0.05, 0) is 12.1 Å². The molecule has 1 aromatic rings. The Bertz CT molecular complexity index is 304. The van der Waals surface area contributed by atoms with Crippen LogP contribution in [0.1, 0.15) is 10.4 Å². The Morgan fingerprint density at radius 2 is 2.00 bits per heavy atom. The molecule has 0 fully saturated rings. The zero-order chi connectivity index (χ0) is 9.68. The third-order valence-electron chi connectivity index (χ3n) is 1.64. The minimum Gasteiger partial charge on any atom is -0.398 e. The number of halogens is 1. The molecule has 0 aliphatic carbocycles. The smallest absolute Gasteiger partial charge is 0.253 e. The third-order valence-corrected chi connectivity index (χ3v) is 1.64. The molecular weight excluding hydrogens is 202 g/mol. The number of hydrogen-bond acceptors (Lipinski definition) is 3. The predicted octanol–water partition coefficient (Wildman–Crippen LogP) is 0.379. The molecule has 0 radical (unpaired) electrons. The highest BCUT2D eigenvalue weighted by molar-refractivity contribution is 5.99. The highest BCUT2D eigenvalue weighted by Crippen LogP contribution is 2.09. The van der Waals surface area contributed by atoms with Crippen molar-refractivity contribution in [1.29, 1.82) is 0 Å². The van der Waals surface area contributed by atoms with E-state index in [-0.39, 0.29) is 18.3 Å². The summed E-state index contributed by atoms with van der Waals surface area (Å²) in [6, 6.07) is 6.93. The maximum Gasteiger partial charge on any atom is 0.253 e. The number of amides is 1. The van der Waals surface area contributed by atoms with Crippen molar-refractivity contribution in [2.75, 3.05) is 18.8 Å². The van der Waals surface area contributed by atoms with Crippen LogP contribution in [-0.2, 0) is 0 Å². The lowest BCUT2D eigenvalue weighted by Gasteiger charge is -2.05. The van der Waals surface area contributed by atoms with E-state index in [0.29, 0.717) is 24.3 Å². The first-order chi connectivity index (χ1) is 6.25. The van der Waals surface area contributed by atoms with Gasteiger partial charge in [-0.2, -0.15) is 0 Å². The Hall–Kier alpha value is -1.26. The van der Waals surface area contributed by atoms with Gasteiger partial charge in [0.05, 0.1) is 5.56 Å². The highest BCUT2D eigenvalue weighted by Gasteiger charge is 2.06. The van der Waals surface area contributed by atoms with Crippen LogP contribution in [0.5, 0.6) is 0 Å². The van der Waals surface area contributed by atoms with Crippen molar-refractivity contribution < 1.29 is 4.79 Å². The quantitative estimate of drug-likeness (QED) is 0.638. The molecule has 5 heteroatoms. The minimum absolute atomic E-state index is 0. The first-order valence-electron chi connectivity index (χ1n) is 4.08. The maximum absolute atomic E-state index is 11.4. The van der Waals surface area contributed by atoms with Gasteiger partial charge in [-0.25, -0.2) is 0 Å². The van der Waals surface area contributed by atoms with Crippen molar-refractivity contribution in [3.8, 4) is 0 Å².